The molecular formula is C20H30N2O5. The van der Waals surface area contributed by atoms with E-state index in [0.717, 1.165) is 12.8 Å². The molecule has 1 saturated heterocycles. The molecule has 2 rings (SSSR count). The molecule has 0 unspecified atom stereocenters. The Labute approximate surface area is 161 Å². The fraction of sp³-hybridized carbons (Fsp3) is 0.600. The molecule has 7 heteroatoms. The fourth-order valence-electron chi connectivity index (χ4n) is 3.23. The van der Waals surface area contributed by atoms with Crippen LogP contribution in [-0.2, 0) is 4.79 Å². The highest BCUT2D eigenvalue weighted by molar-refractivity contribution is 5.95. The van der Waals surface area contributed by atoms with Crippen LogP contribution in [0.2, 0.25) is 0 Å². The molecule has 1 aliphatic rings. The number of piperidine rings is 1. The van der Waals surface area contributed by atoms with Gasteiger partial charge in [-0.25, -0.2) is 0 Å². The number of methoxy groups -OCH3 is 3. The summed E-state index contributed by atoms with van der Waals surface area (Å²) in [6, 6.07) is 3.32. The number of nitrogens with zero attached hydrogens (tertiary/aromatic N) is 1. The van der Waals surface area contributed by atoms with Gasteiger partial charge in [0.1, 0.15) is 0 Å². The van der Waals surface area contributed by atoms with Crippen molar-refractivity contribution in [2.45, 2.75) is 39.2 Å². The van der Waals surface area contributed by atoms with Crippen molar-refractivity contribution in [2.75, 3.05) is 34.4 Å². The van der Waals surface area contributed by atoms with Gasteiger partial charge in [-0.1, -0.05) is 13.8 Å². The van der Waals surface area contributed by atoms with E-state index in [0.29, 0.717) is 48.2 Å². The van der Waals surface area contributed by atoms with Crippen molar-refractivity contribution >= 4 is 11.8 Å². The van der Waals surface area contributed by atoms with Crippen molar-refractivity contribution in [3.05, 3.63) is 17.7 Å². The molecule has 0 spiro atoms. The predicted octanol–water partition coefficient (Wildman–Crippen LogP) is 2.48. The molecular weight excluding hydrogens is 348 g/mol. The molecule has 0 bridgehead atoms. The maximum Gasteiger partial charge on any atom is 0.251 e. The Kier molecular flexibility index (Phi) is 7.33. The highest BCUT2D eigenvalue weighted by atomic mass is 16.5. The molecule has 27 heavy (non-hydrogen) atoms. The molecule has 1 aromatic carbocycles. The second kappa shape index (κ2) is 9.48. The third-order valence-electron chi connectivity index (χ3n) is 4.69. The Morgan fingerprint density at radius 2 is 1.63 bits per heavy atom. The number of carbonyl (C=O) groups excluding carboxylic acids is 2. The van der Waals surface area contributed by atoms with E-state index in [1.54, 1.807) is 12.1 Å². The van der Waals surface area contributed by atoms with Gasteiger partial charge in [0.25, 0.3) is 5.91 Å². The van der Waals surface area contributed by atoms with Gasteiger partial charge in [0.15, 0.2) is 11.5 Å². The van der Waals surface area contributed by atoms with Crippen LogP contribution < -0.4 is 19.5 Å². The zero-order chi connectivity index (χ0) is 20.0. The van der Waals surface area contributed by atoms with Crippen molar-refractivity contribution in [2.24, 2.45) is 5.92 Å². The quantitative estimate of drug-likeness (QED) is 0.789. The molecule has 0 aromatic heterocycles. The maximum absolute atomic E-state index is 12.7. The van der Waals surface area contributed by atoms with Crippen LogP contribution in [-0.4, -0.2) is 57.2 Å². The summed E-state index contributed by atoms with van der Waals surface area (Å²) in [5, 5.41) is 3.05. The van der Waals surface area contributed by atoms with Crippen LogP contribution in [0.3, 0.4) is 0 Å². The Balaban J connectivity index is 1.99. The zero-order valence-electron chi connectivity index (χ0n) is 16.8. The molecule has 1 heterocycles. The monoisotopic (exact) mass is 378 g/mol. The van der Waals surface area contributed by atoms with E-state index in [9.17, 15) is 9.59 Å². The molecule has 150 valence electrons. The molecule has 0 saturated carbocycles. The first kappa shape index (κ1) is 20.9. The number of ether oxygens (including phenoxy) is 3. The Morgan fingerprint density at radius 1 is 1.07 bits per heavy atom. The van der Waals surface area contributed by atoms with E-state index in [2.05, 4.69) is 5.32 Å². The first-order valence-electron chi connectivity index (χ1n) is 9.28. The predicted molar refractivity (Wildman–Crippen MR) is 103 cm³/mol. The lowest BCUT2D eigenvalue weighted by Crippen LogP contribution is -2.46. The number of benzene rings is 1. The number of nitrogens with one attached hydrogen (secondary N) is 1. The minimum Gasteiger partial charge on any atom is -0.493 e. The number of carbonyl (C=O) groups is 2. The van der Waals surface area contributed by atoms with E-state index in [-0.39, 0.29) is 17.9 Å². The van der Waals surface area contributed by atoms with Gasteiger partial charge < -0.3 is 24.4 Å². The van der Waals surface area contributed by atoms with Crippen LogP contribution in [0.4, 0.5) is 0 Å². The number of likely N-dealkylation sites (tertiary alicyclic amines) is 1. The average Bonchev–Trinajstić information content (AvgIpc) is 2.66. The molecule has 1 N–H and O–H groups in total. The van der Waals surface area contributed by atoms with Crippen molar-refractivity contribution in [3.8, 4) is 17.2 Å². The third kappa shape index (κ3) is 5.28. The summed E-state index contributed by atoms with van der Waals surface area (Å²) in [5.74, 6) is 1.69. The summed E-state index contributed by atoms with van der Waals surface area (Å²) in [6.45, 7) is 5.43. The Bertz CT molecular complexity index is 641. The minimum absolute atomic E-state index is 0.0414. The van der Waals surface area contributed by atoms with Crippen molar-refractivity contribution in [3.63, 3.8) is 0 Å². The molecule has 1 fully saturated rings. The SMILES string of the molecule is COc1cc(C(=O)NC2CCN(C(=O)CC(C)C)CC2)cc(OC)c1OC. The highest BCUT2D eigenvalue weighted by Gasteiger charge is 2.25. The summed E-state index contributed by atoms with van der Waals surface area (Å²) in [4.78, 5) is 26.7. The lowest BCUT2D eigenvalue weighted by molar-refractivity contribution is -0.133. The molecule has 1 aliphatic heterocycles. The number of rotatable bonds is 7. The van der Waals surface area contributed by atoms with Crippen LogP contribution in [0.15, 0.2) is 12.1 Å². The van der Waals surface area contributed by atoms with E-state index in [4.69, 9.17) is 14.2 Å². The topological polar surface area (TPSA) is 77.1 Å². The number of hydrogen-bond donors (Lipinski definition) is 1. The van der Waals surface area contributed by atoms with Crippen LogP contribution in [0, 0.1) is 5.92 Å². The lowest BCUT2D eigenvalue weighted by Gasteiger charge is -2.33. The molecule has 1 aromatic rings. The van der Waals surface area contributed by atoms with Crippen molar-refractivity contribution in [1.82, 2.24) is 10.2 Å². The standard InChI is InChI=1S/C20H30N2O5/c1-13(2)10-18(23)22-8-6-15(7-9-22)21-20(24)14-11-16(25-3)19(27-5)17(12-14)26-4/h11-13,15H,6-10H2,1-5H3,(H,21,24). The smallest absolute Gasteiger partial charge is 0.251 e. The van der Waals surface area contributed by atoms with E-state index >= 15 is 0 Å². The Hall–Kier alpha value is -2.44. The summed E-state index contributed by atoms with van der Waals surface area (Å²) >= 11 is 0. The molecule has 2 amide bonds. The molecule has 0 radical (unpaired) electrons. The van der Waals surface area contributed by atoms with E-state index in [1.165, 1.54) is 21.3 Å². The van der Waals surface area contributed by atoms with Gasteiger partial charge in [0.2, 0.25) is 11.7 Å². The van der Waals surface area contributed by atoms with E-state index in [1.807, 2.05) is 18.7 Å². The second-order valence-corrected chi connectivity index (χ2v) is 7.14. The Morgan fingerprint density at radius 3 is 2.07 bits per heavy atom. The number of hydrogen-bond acceptors (Lipinski definition) is 5. The summed E-state index contributed by atoms with van der Waals surface area (Å²) < 4.78 is 15.9. The molecule has 0 aliphatic carbocycles. The van der Waals surface area contributed by atoms with Crippen LogP contribution in [0.25, 0.3) is 0 Å². The molecule has 0 atom stereocenters. The van der Waals surface area contributed by atoms with Crippen molar-refractivity contribution in [1.29, 1.82) is 0 Å². The van der Waals surface area contributed by atoms with E-state index < -0.39 is 0 Å². The zero-order valence-corrected chi connectivity index (χ0v) is 16.8. The van der Waals surface area contributed by atoms with Gasteiger partial charge in [-0.3, -0.25) is 9.59 Å². The van der Waals surface area contributed by atoms with Gasteiger partial charge >= 0.3 is 0 Å². The number of amides is 2. The summed E-state index contributed by atoms with van der Waals surface area (Å²) in [6.07, 6.45) is 2.07. The van der Waals surface area contributed by atoms with Gasteiger partial charge in [-0.05, 0) is 30.9 Å². The van der Waals surface area contributed by atoms with Crippen LogP contribution in [0.1, 0.15) is 43.5 Å². The first-order valence-corrected chi connectivity index (χ1v) is 9.28. The van der Waals surface area contributed by atoms with Crippen molar-refractivity contribution < 1.29 is 23.8 Å². The third-order valence-corrected chi connectivity index (χ3v) is 4.69. The largest absolute Gasteiger partial charge is 0.493 e. The highest BCUT2D eigenvalue weighted by Crippen LogP contribution is 2.38. The van der Waals surface area contributed by atoms with Gasteiger partial charge in [0.05, 0.1) is 21.3 Å². The normalized spacial score (nSPS) is 14.8. The average molecular weight is 378 g/mol. The van der Waals surface area contributed by atoms with Crippen LogP contribution in [0.5, 0.6) is 17.2 Å². The van der Waals surface area contributed by atoms with Gasteiger partial charge in [-0.2, -0.15) is 0 Å². The lowest BCUT2D eigenvalue weighted by atomic mass is 10.0. The summed E-state index contributed by atoms with van der Waals surface area (Å²) in [7, 11) is 4.56. The van der Waals surface area contributed by atoms with Gasteiger partial charge in [0, 0.05) is 31.1 Å². The van der Waals surface area contributed by atoms with Crippen LogP contribution >= 0.6 is 0 Å². The fourth-order valence-corrected chi connectivity index (χ4v) is 3.23. The maximum atomic E-state index is 12.7. The molecule has 7 nitrogen and oxygen atoms in total. The minimum atomic E-state index is -0.193. The first-order chi connectivity index (χ1) is 12.9. The second-order valence-electron chi connectivity index (χ2n) is 7.14. The van der Waals surface area contributed by atoms with Gasteiger partial charge in [-0.15, -0.1) is 0 Å². The summed E-state index contributed by atoms with van der Waals surface area (Å²) in [5.41, 5.74) is 0.447.